The SMILES string of the molecule is CCC(O)(CN=C(N)NCC1CCC1)c1ccc(Br)cc1. The molecule has 1 aliphatic carbocycles. The fourth-order valence-electron chi connectivity index (χ4n) is 2.39. The first-order valence-corrected chi connectivity index (χ1v) is 8.35. The summed E-state index contributed by atoms with van der Waals surface area (Å²) < 4.78 is 0.995. The molecule has 0 radical (unpaired) electrons. The number of guanidine groups is 1. The number of rotatable bonds is 6. The van der Waals surface area contributed by atoms with Crippen molar-refractivity contribution in [2.75, 3.05) is 13.1 Å². The van der Waals surface area contributed by atoms with Crippen LogP contribution in [0.25, 0.3) is 0 Å². The number of halogens is 1. The predicted molar refractivity (Wildman–Crippen MR) is 90.2 cm³/mol. The number of hydrogen-bond donors (Lipinski definition) is 3. The van der Waals surface area contributed by atoms with Crippen LogP contribution in [0.1, 0.15) is 38.2 Å². The van der Waals surface area contributed by atoms with Gasteiger partial charge >= 0.3 is 0 Å². The topological polar surface area (TPSA) is 70.6 Å². The molecular weight excluding hydrogens is 330 g/mol. The molecule has 1 unspecified atom stereocenters. The van der Waals surface area contributed by atoms with Gasteiger partial charge in [0.15, 0.2) is 5.96 Å². The zero-order valence-corrected chi connectivity index (χ0v) is 14.1. The van der Waals surface area contributed by atoms with E-state index in [4.69, 9.17) is 5.73 Å². The van der Waals surface area contributed by atoms with E-state index in [-0.39, 0.29) is 6.54 Å². The Hall–Kier alpha value is -1.07. The van der Waals surface area contributed by atoms with Gasteiger partial charge in [0, 0.05) is 11.0 Å². The van der Waals surface area contributed by atoms with Crippen LogP contribution in [0, 0.1) is 5.92 Å². The van der Waals surface area contributed by atoms with Gasteiger partial charge in [-0.2, -0.15) is 0 Å². The fraction of sp³-hybridized carbons (Fsp3) is 0.562. The largest absolute Gasteiger partial charge is 0.383 e. The lowest BCUT2D eigenvalue weighted by atomic mass is 9.85. The summed E-state index contributed by atoms with van der Waals surface area (Å²) in [4.78, 5) is 4.32. The molecule has 1 saturated carbocycles. The summed E-state index contributed by atoms with van der Waals surface area (Å²) in [7, 11) is 0. The van der Waals surface area contributed by atoms with Crippen LogP contribution in [0.2, 0.25) is 0 Å². The zero-order chi connectivity index (χ0) is 15.3. The Balaban J connectivity index is 1.94. The Labute approximate surface area is 135 Å². The second kappa shape index (κ2) is 7.27. The third kappa shape index (κ3) is 4.45. The van der Waals surface area contributed by atoms with Crippen molar-refractivity contribution in [3.05, 3.63) is 34.3 Å². The summed E-state index contributed by atoms with van der Waals surface area (Å²) in [6, 6.07) is 7.69. The molecule has 4 nitrogen and oxygen atoms in total. The van der Waals surface area contributed by atoms with E-state index in [1.807, 2.05) is 31.2 Å². The average Bonchev–Trinajstić information content (AvgIpc) is 2.44. The molecule has 1 aromatic rings. The smallest absolute Gasteiger partial charge is 0.188 e. The van der Waals surface area contributed by atoms with Crippen LogP contribution in [0.5, 0.6) is 0 Å². The zero-order valence-electron chi connectivity index (χ0n) is 12.5. The van der Waals surface area contributed by atoms with Gasteiger partial charge in [-0.1, -0.05) is 41.4 Å². The Morgan fingerprint density at radius 2 is 2.10 bits per heavy atom. The molecule has 0 amide bonds. The van der Waals surface area contributed by atoms with Gasteiger partial charge in [0.2, 0.25) is 0 Å². The summed E-state index contributed by atoms with van der Waals surface area (Å²) in [5.74, 6) is 1.15. The minimum atomic E-state index is -0.969. The highest BCUT2D eigenvalue weighted by Gasteiger charge is 2.27. The Kier molecular flexibility index (Phi) is 5.65. The summed E-state index contributed by atoms with van der Waals surface area (Å²) in [6.07, 6.45) is 4.47. The van der Waals surface area contributed by atoms with E-state index in [9.17, 15) is 5.11 Å². The molecule has 0 spiro atoms. The molecule has 1 aromatic carbocycles. The second-order valence-corrected chi connectivity index (χ2v) is 6.69. The molecule has 0 aliphatic heterocycles. The van der Waals surface area contributed by atoms with Gasteiger partial charge in [-0.3, -0.25) is 4.99 Å². The fourth-order valence-corrected chi connectivity index (χ4v) is 2.65. The number of nitrogens with one attached hydrogen (secondary N) is 1. The molecule has 0 bridgehead atoms. The minimum absolute atomic E-state index is 0.272. The van der Waals surface area contributed by atoms with Crippen molar-refractivity contribution < 1.29 is 5.11 Å². The van der Waals surface area contributed by atoms with Crippen LogP contribution in [-0.2, 0) is 5.60 Å². The first kappa shape index (κ1) is 16.3. The molecule has 21 heavy (non-hydrogen) atoms. The van der Waals surface area contributed by atoms with E-state index in [0.717, 1.165) is 22.5 Å². The van der Waals surface area contributed by atoms with Gasteiger partial charge in [-0.05, 0) is 42.9 Å². The molecule has 0 saturated heterocycles. The lowest BCUT2D eigenvalue weighted by Gasteiger charge is -2.27. The Morgan fingerprint density at radius 1 is 1.43 bits per heavy atom. The summed E-state index contributed by atoms with van der Waals surface area (Å²) >= 11 is 3.40. The van der Waals surface area contributed by atoms with Crippen molar-refractivity contribution in [2.45, 2.75) is 38.2 Å². The standard InChI is InChI=1S/C16H24BrN3O/c1-2-16(21,13-6-8-14(17)9-7-13)11-20-15(18)19-10-12-4-3-5-12/h6-9,12,21H,2-5,10-11H2,1H3,(H3,18,19,20). The predicted octanol–water partition coefficient (Wildman–Crippen LogP) is 2.75. The van der Waals surface area contributed by atoms with Crippen LogP contribution in [0.4, 0.5) is 0 Å². The van der Waals surface area contributed by atoms with E-state index < -0.39 is 5.60 Å². The third-order valence-corrected chi connectivity index (χ3v) is 4.80. The van der Waals surface area contributed by atoms with Crippen LogP contribution >= 0.6 is 15.9 Å². The molecule has 1 atom stereocenters. The van der Waals surface area contributed by atoms with Gasteiger partial charge in [-0.15, -0.1) is 0 Å². The molecule has 1 aliphatic rings. The Bertz CT molecular complexity index is 485. The van der Waals surface area contributed by atoms with Gasteiger partial charge in [-0.25, -0.2) is 0 Å². The average molecular weight is 354 g/mol. The summed E-state index contributed by atoms with van der Waals surface area (Å²) in [5.41, 5.74) is 5.78. The highest BCUT2D eigenvalue weighted by atomic mass is 79.9. The third-order valence-electron chi connectivity index (χ3n) is 4.27. The van der Waals surface area contributed by atoms with Crippen LogP contribution in [0.15, 0.2) is 33.7 Å². The first-order valence-electron chi connectivity index (χ1n) is 7.55. The maximum atomic E-state index is 10.8. The number of aliphatic imine (C=N–C) groups is 1. The summed E-state index contributed by atoms with van der Waals surface area (Å²) in [6.45, 7) is 3.11. The van der Waals surface area contributed by atoms with Crippen LogP contribution in [0.3, 0.4) is 0 Å². The highest BCUT2D eigenvalue weighted by Crippen LogP contribution is 2.27. The highest BCUT2D eigenvalue weighted by molar-refractivity contribution is 9.10. The lowest BCUT2D eigenvalue weighted by molar-refractivity contribution is 0.0423. The van der Waals surface area contributed by atoms with Crippen LogP contribution < -0.4 is 11.1 Å². The first-order chi connectivity index (χ1) is 10.0. The van der Waals surface area contributed by atoms with E-state index in [1.165, 1.54) is 19.3 Å². The summed E-state index contributed by atoms with van der Waals surface area (Å²) in [5, 5.41) is 13.9. The van der Waals surface area contributed by atoms with E-state index in [1.54, 1.807) is 0 Å². The molecule has 2 rings (SSSR count). The van der Waals surface area contributed by atoms with E-state index in [0.29, 0.717) is 12.4 Å². The molecular formula is C16H24BrN3O. The van der Waals surface area contributed by atoms with Gasteiger partial charge in [0.25, 0.3) is 0 Å². The normalized spacial score (nSPS) is 18.9. The quantitative estimate of drug-likeness (QED) is 0.543. The monoisotopic (exact) mass is 353 g/mol. The van der Waals surface area contributed by atoms with E-state index in [2.05, 4.69) is 26.2 Å². The molecule has 116 valence electrons. The molecule has 0 heterocycles. The molecule has 5 heteroatoms. The van der Waals surface area contributed by atoms with Crippen molar-refractivity contribution in [1.29, 1.82) is 0 Å². The van der Waals surface area contributed by atoms with Gasteiger partial charge < -0.3 is 16.2 Å². The minimum Gasteiger partial charge on any atom is -0.383 e. The van der Waals surface area contributed by atoms with E-state index >= 15 is 0 Å². The van der Waals surface area contributed by atoms with Gasteiger partial charge in [0.05, 0.1) is 6.54 Å². The van der Waals surface area contributed by atoms with Crippen molar-refractivity contribution in [2.24, 2.45) is 16.6 Å². The second-order valence-electron chi connectivity index (χ2n) is 5.77. The van der Waals surface area contributed by atoms with Crippen molar-refractivity contribution in [1.82, 2.24) is 5.32 Å². The van der Waals surface area contributed by atoms with Gasteiger partial charge in [0.1, 0.15) is 5.60 Å². The number of aliphatic hydroxyl groups is 1. The molecule has 4 N–H and O–H groups in total. The number of nitrogens with two attached hydrogens (primary N) is 1. The number of hydrogen-bond acceptors (Lipinski definition) is 2. The number of nitrogens with zero attached hydrogens (tertiary/aromatic N) is 1. The van der Waals surface area contributed by atoms with Crippen molar-refractivity contribution >= 4 is 21.9 Å². The van der Waals surface area contributed by atoms with Crippen LogP contribution in [-0.4, -0.2) is 24.2 Å². The van der Waals surface area contributed by atoms with Crippen molar-refractivity contribution in [3.8, 4) is 0 Å². The molecule has 1 fully saturated rings. The Morgan fingerprint density at radius 3 is 2.62 bits per heavy atom. The maximum Gasteiger partial charge on any atom is 0.188 e. The maximum absolute atomic E-state index is 10.8. The van der Waals surface area contributed by atoms with Crippen molar-refractivity contribution in [3.63, 3.8) is 0 Å². The lowest BCUT2D eigenvalue weighted by Crippen LogP contribution is -2.39. The number of benzene rings is 1. The molecule has 0 aromatic heterocycles.